The minimum Gasteiger partial charge on any atom is -0.383 e. The first kappa shape index (κ1) is 15.0. The van der Waals surface area contributed by atoms with Gasteiger partial charge in [-0.05, 0) is 37.6 Å². The minimum absolute atomic E-state index is 0.694. The van der Waals surface area contributed by atoms with Crippen molar-refractivity contribution in [1.29, 1.82) is 0 Å². The van der Waals surface area contributed by atoms with Gasteiger partial charge in [-0.2, -0.15) is 0 Å². The molecule has 4 nitrogen and oxygen atoms in total. The molecule has 0 spiro atoms. The van der Waals surface area contributed by atoms with Crippen LogP contribution < -0.4 is 5.32 Å². The van der Waals surface area contributed by atoms with E-state index < -0.39 is 0 Å². The molecule has 108 valence electrons. The van der Waals surface area contributed by atoms with E-state index in [1.165, 1.54) is 0 Å². The van der Waals surface area contributed by atoms with Gasteiger partial charge in [0.05, 0.1) is 24.3 Å². The Labute approximate surface area is 124 Å². The van der Waals surface area contributed by atoms with E-state index in [0.29, 0.717) is 6.61 Å². The summed E-state index contributed by atoms with van der Waals surface area (Å²) in [4.78, 5) is 4.36. The molecule has 1 aromatic carbocycles. The summed E-state index contributed by atoms with van der Waals surface area (Å²) < 4.78 is 7.13. The number of rotatable bonds is 6. The first-order valence-corrected chi connectivity index (χ1v) is 7.00. The number of hydrogen-bond donors (Lipinski definition) is 1. The lowest BCUT2D eigenvalue weighted by Gasteiger charge is -2.13. The van der Waals surface area contributed by atoms with Gasteiger partial charge in [0, 0.05) is 30.9 Å². The van der Waals surface area contributed by atoms with Crippen molar-refractivity contribution in [3.8, 4) is 5.69 Å². The third-order valence-electron chi connectivity index (χ3n) is 3.35. The van der Waals surface area contributed by atoms with Crippen LogP contribution in [0.15, 0.2) is 24.5 Å². The maximum atomic E-state index is 6.11. The van der Waals surface area contributed by atoms with Gasteiger partial charge in [-0.1, -0.05) is 11.6 Å². The number of aromatic nitrogens is 2. The Morgan fingerprint density at radius 2 is 2.15 bits per heavy atom. The summed E-state index contributed by atoms with van der Waals surface area (Å²) in [6.07, 6.45) is 1.85. The number of hydrogen-bond acceptors (Lipinski definition) is 3. The van der Waals surface area contributed by atoms with E-state index >= 15 is 0 Å². The Kier molecular flexibility index (Phi) is 5.17. The zero-order chi connectivity index (χ0) is 14.5. The van der Waals surface area contributed by atoms with Crippen molar-refractivity contribution in [2.24, 2.45) is 0 Å². The smallest absolute Gasteiger partial charge is 0.0997 e. The van der Waals surface area contributed by atoms with Crippen LogP contribution in [0.3, 0.4) is 0 Å². The molecule has 5 heteroatoms. The van der Waals surface area contributed by atoms with Gasteiger partial charge < -0.3 is 14.6 Å². The lowest BCUT2D eigenvalue weighted by molar-refractivity contribution is 0.199. The average molecular weight is 294 g/mol. The predicted octanol–water partition coefficient (Wildman–Crippen LogP) is 2.88. The Morgan fingerprint density at radius 3 is 2.80 bits per heavy atom. The first-order valence-electron chi connectivity index (χ1n) is 6.62. The van der Waals surface area contributed by atoms with Crippen molar-refractivity contribution in [3.63, 3.8) is 0 Å². The molecule has 20 heavy (non-hydrogen) atoms. The molecule has 1 N–H and O–H groups in total. The molecular formula is C15H20ClN3O. The molecule has 2 aromatic rings. The lowest BCUT2D eigenvalue weighted by atomic mass is 10.1. The standard InChI is InChI=1S/C15H20ClN3O/c1-11-12(2)19(10-18-11)15-5-4-14(16)8-13(15)9-17-6-7-20-3/h4-5,8,10,17H,6-7,9H2,1-3H3. The van der Waals surface area contributed by atoms with Crippen molar-refractivity contribution in [2.45, 2.75) is 20.4 Å². The fourth-order valence-electron chi connectivity index (χ4n) is 2.07. The van der Waals surface area contributed by atoms with Crippen molar-refractivity contribution in [2.75, 3.05) is 20.3 Å². The molecule has 1 aromatic heterocycles. The zero-order valence-corrected chi connectivity index (χ0v) is 12.9. The minimum atomic E-state index is 0.694. The SMILES string of the molecule is COCCNCc1cc(Cl)ccc1-n1cnc(C)c1C. The summed E-state index contributed by atoms with van der Waals surface area (Å²) in [6, 6.07) is 5.93. The zero-order valence-electron chi connectivity index (χ0n) is 12.1. The van der Waals surface area contributed by atoms with Crippen LogP contribution in [-0.2, 0) is 11.3 Å². The average Bonchev–Trinajstić information content (AvgIpc) is 2.76. The Balaban J connectivity index is 2.26. The highest BCUT2D eigenvalue weighted by atomic mass is 35.5. The number of halogens is 1. The quantitative estimate of drug-likeness (QED) is 0.833. The summed E-state index contributed by atoms with van der Waals surface area (Å²) in [5, 5.41) is 4.09. The van der Waals surface area contributed by atoms with Gasteiger partial charge in [0.15, 0.2) is 0 Å². The second kappa shape index (κ2) is 6.88. The fraction of sp³-hybridized carbons (Fsp3) is 0.400. The van der Waals surface area contributed by atoms with Crippen LogP contribution in [0, 0.1) is 13.8 Å². The normalized spacial score (nSPS) is 11.0. The van der Waals surface area contributed by atoms with Gasteiger partial charge in [-0.15, -0.1) is 0 Å². The number of benzene rings is 1. The fourth-order valence-corrected chi connectivity index (χ4v) is 2.26. The Hall–Kier alpha value is -1.36. The van der Waals surface area contributed by atoms with E-state index in [0.717, 1.165) is 40.8 Å². The van der Waals surface area contributed by atoms with Gasteiger partial charge in [-0.3, -0.25) is 0 Å². The molecule has 1 heterocycles. The number of methoxy groups -OCH3 is 1. The third-order valence-corrected chi connectivity index (χ3v) is 3.59. The molecule has 0 unspecified atom stereocenters. The molecule has 0 atom stereocenters. The van der Waals surface area contributed by atoms with E-state index in [9.17, 15) is 0 Å². The highest BCUT2D eigenvalue weighted by Crippen LogP contribution is 2.22. The third kappa shape index (κ3) is 3.39. The van der Waals surface area contributed by atoms with Gasteiger partial charge >= 0.3 is 0 Å². The van der Waals surface area contributed by atoms with Crippen LogP contribution in [0.2, 0.25) is 5.02 Å². The van der Waals surface area contributed by atoms with Gasteiger partial charge in [0.25, 0.3) is 0 Å². The van der Waals surface area contributed by atoms with Crippen molar-refractivity contribution in [3.05, 3.63) is 46.5 Å². The molecule has 0 fully saturated rings. The highest BCUT2D eigenvalue weighted by Gasteiger charge is 2.09. The van der Waals surface area contributed by atoms with Crippen molar-refractivity contribution >= 4 is 11.6 Å². The summed E-state index contributed by atoms with van der Waals surface area (Å²) in [7, 11) is 1.70. The summed E-state index contributed by atoms with van der Waals surface area (Å²) in [5.41, 5.74) is 4.44. The molecule has 0 aliphatic rings. The second-order valence-electron chi connectivity index (χ2n) is 4.73. The summed E-state index contributed by atoms with van der Waals surface area (Å²) in [6.45, 7) is 6.33. The molecule has 0 saturated carbocycles. The van der Waals surface area contributed by atoms with E-state index in [2.05, 4.69) is 21.8 Å². The monoisotopic (exact) mass is 293 g/mol. The van der Waals surface area contributed by atoms with Crippen LogP contribution in [-0.4, -0.2) is 29.8 Å². The van der Waals surface area contributed by atoms with Crippen LogP contribution in [0.25, 0.3) is 5.69 Å². The van der Waals surface area contributed by atoms with Gasteiger partial charge in [-0.25, -0.2) is 4.98 Å². The molecular weight excluding hydrogens is 274 g/mol. The maximum Gasteiger partial charge on any atom is 0.0997 e. The van der Waals surface area contributed by atoms with Crippen molar-refractivity contribution in [1.82, 2.24) is 14.9 Å². The lowest BCUT2D eigenvalue weighted by Crippen LogP contribution is -2.19. The van der Waals surface area contributed by atoms with Crippen molar-refractivity contribution < 1.29 is 4.74 Å². The molecule has 0 radical (unpaired) electrons. The molecule has 0 amide bonds. The molecule has 0 aliphatic carbocycles. The van der Waals surface area contributed by atoms with Crippen LogP contribution in [0.5, 0.6) is 0 Å². The van der Waals surface area contributed by atoms with E-state index in [1.54, 1.807) is 7.11 Å². The maximum absolute atomic E-state index is 6.11. The van der Waals surface area contributed by atoms with E-state index in [1.807, 2.05) is 31.5 Å². The molecule has 0 aliphatic heterocycles. The Morgan fingerprint density at radius 1 is 1.35 bits per heavy atom. The van der Waals surface area contributed by atoms with Crippen LogP contribution in [0.4, 0.5) is 0 Å². The Bertz CT molecular complexity index is 580. The largest absolute Gasteiger partial charge is 0.383 e. The summed E-state index contributed by atoms with van der Waals surface area (Å²) >= 11 is 6.11. The predicted molar refractivity (Wildman–Crippen MR) is 81.6 cm³/mol. The second-order valence-corrected chi connectivity index (χ2v) is 5.16. The summed E-state index contributed by atoms with van der Waals surface area (Å²) in [5.74, 6) is 0. The van der Waals surface area contributed by atoms with Crippen LogP contribution >= 0.6 is 11.6 Å². The van der Waals surface area contributed by atoms with E-state index in [-0.39, 0.29) is 0 Å². The highest BCUT2D eigenvalue weighted by molar-refractivity contribution is 6.30. The number of ether oxygens (including phenoxy) is 1. The number of nitrogens with one attached hydrogen (secondary N) is 1. The van der Waals surface area contributed by atoms with Crippen LogP contribution in [0.1, 0.15) is 17.0 Å². The number of aryl methyl sites for hydroxylation is 1. The molecule has 0 bridgehead atoms. The van der Waals surface area contributed by atoms with Gasteiger partial charge in [0.2, 0.25) is 0 Å². The van der Waals surface area contributed by atoms with Gasteiger partial charge in [0.1, 0.15) is 0 Å². The number of imidazole rings is 1. The molecule has 0 saturated heterocycles. The number of nitrogens with zero attached hydrogens (tertiary/aromatic N) is 2. The molecule has 2 rings (SSSR count). The first-order chi connectivity index (χ1) is 9.63. The van der Waals surface area contributed by atoms with E-state index in [4.69, 9.17) is 16.3 Å². The topological polar surface area (TPSA) is 39.1 Å².